The van der Waals surface area contributed by atoms with Gasteiger partial charge in [0.1, 0.15) is 5.82 Å². The van der Waals surface area contributed by atoms with Gasteiger partial charge in [-0.05, 0) is 24.1 Å². The molecule has 0 bridgehead atoms. The average Bonchev–Trinajstić information content (AvgIpc) is 2.63. The van der Waals surface area contributed by atoms with E-state index in [1.54, 1.807) is 6.07 Å². The molecule has 0 saturated heterocycles. The molecule has 0 aliphatic carbocycles. The smallest absolute Gasteiger partial charge is 0.305 e. The van der Waals surface area contributed by atoms with Crippen LogP contribution in [-0.4, -0.2) is 22.5 Å². The summed E-state index contributed by atoms with van der Waals surface area (Å²) in [6, 6.07) is 17.1. The lowest BCUT2D eigenvalue weighted by molar-refractivity contribution is -0.143. The Bertz CT molecular complexity index is 903. The molecule has 25 heavy (non-hydrogen) atoms. The maximum Gasteiger partial charge on any atom is 0.305 e. The highest BCUT2D eigenvalue weighted by Gasteiger charge is 2.06. The molecule has 3 aromatic rings. The van der Waals surface area contributed by atoms with Crippen molar-refractivity contribution in [3.05, 3.63) is 76.3 Å². The lowest BCUT2D eigenvalue weighted by Crippen LogP contribution is -2.13. The van der Waals surface area contributed by atoms with Gasteiger partial charge in [0.25, 0.3) is 5.56 Å². The maximum absolute atomic E-state index is 12.0. The first-order valence-electron chi connectivity index (χ1n) is 8.40. The van der Waals surface area contributed by atoms with E-state index < -0.39 is 0 Å². The Morgan fingerprint density at radius 3 is 2.60 bits per heavy atom. The second-order valence-corrected chi connectivity index (χ2v) is 5.84. The zero-order valence-corrected chi connectivity index (χ0v) is 13.9. The van der Waals surface area contributed by atoms with E-state index in [1.165, 1.54) is 0 Å². The molecule has 0 saturated carbocycles. The largest absolute Gasteiger partial charge is 0.465 e. The van der Waals surface area contributed by atoms with E-state index >= 15 is 0 Å². The molecule has 0 aliphatic rings. The summed E-state index contributed by atoms with van der Waals surface area (Å²) >= 11 is 0. The Labute approximate surface area is 145 Å². The first-order chi connectivity index (χ1) is 12.2. The predicted octanol–water partition coefficient (Wildman–Crippen LogP) is 3.03. The fraction of sp³-hybridized carbons (Fsp3) is 0.250. The van der Waals surface area contributed by atoms with E-state index in [4.69, 9.17) is 4.74 Å². The van der Waals surface area contributed by atoms with Crippen LogP contribution in [0.2, 0.25) is 0 Å². The summed E-state index contributed by atoms with van der Waals surface area (Å²) in [7, 11) is 0. The molecular formula is C20H20N2O3. The van der Waals surface area contributed by atoms with Crippen LogP contribution < -0.4 is 5.56 Å². The Balaban J connectivity index is 1.45. The van der Waals surface area contributed by atoms with Crippen LogP contribution in [0.5, 0.6) is 0 Å². The number of aryl methyl sites for hydroxylation is 1. The molecule has 0 radical (unpaired) electrons. The molecule has 0 amide bonds. The summed E-state index contributed by atoms with van der Waals surface area (Å²) in [5.41, 5.74) is 1.67. The standard InChI is InChI=1S/C20H20N2O3/c23-19(25-14-13-15-7-2-1-3-8-15)12-6-11-18-21-17-10-5-4-9-16(17)20(24)22-18/h1-5,7-10H,6,11-14H2,(H,21,22,24). The van der Waals surface area contributed by atoms with Gasteiger partial charge in [-0.2, -0.15) is 0 Å². The summed E-state index contributed by atoms with van der Waals surface area (Å²) in [6.45, 7) is 0.383. The Hall–Kier alpha value is -2.95. The van der Waals surface area contributed by atoms with Gasteiger partial charge in [-0.1, -0.05) is 42.5 Å². The first kappa shape index (κ1) is 16.9. The molecular weight excluding hydrogens is 316 g/mol. The number of rotatable bonds is 7. The third-order valence-electron chi connectivity index (χ3n) is 3.95. The summed E-state index contributed by atoms with van der Waals surface area (Å²) in [5, 5.41) is 0.576. The van der Waals surface area contributed by atoms with E-state index in [2.05, 4.69) is 9.97 Å². The number of hydrogen-bond donors (Lipinski definition) is 1. The van der Waals surface area contributed by atoms with Crippen molar-refractivity contribution in [2.24, 2.45) is 0 Å². The van der Waals surface area contributed by atoms with Gasteiger partial charge >= 0.3 is 5.97 Å². The third-order valence-corrected chi connectivity index (χ3v) is 3.95. The minimum Gasteiger partial charge on any atom is -0.465 e. The van der Waals surface area contributed by atoms with Gasteiger partial charge in [0, 0.05) is 19.3 Å². The second-order valence-electron chi connectivity index (χ2n) is 5.84. The number of esters is 1. The number of ether oxygens (including phenoxy) is 1. The monoisotopic (exact) mass is 336 g/mol. The average molecular weight is 336 g/mol. The molecule has 1 heterocycles. The van der Waals surface area contributed by atoms with Gasteiger partial charge in [-0.15, -0.1) is 0 Å². The number of nitrogens with zero attached hydrogens (tertiary/aromatic N) is 1. The second kappa shape index (κ2) is 8.24. The number of fused-ring (bicyclic) bond motifs is 1. The number of H-pyrrole nitrogens is 1. The minimum absolute atomic E-state index is 0.147. The third kappa shape index (κ3) is 4.76. The number of carbonyl (C=O) groups is 1. The number of benzene rings is 2. The Kier molecular flexibility index (Phi) is 5.57. The lowest BCUT2D eigenvalue weighted by Gasteiger charge is -2.05. The fourth-order valence-electron chi connectivity index (χ4n) is 2.65. The van der Waals surface area contributed by atoms with Crippen LogP contribution in [0.15, 0.2) is 59.4 Å². The number of nitrogens with one attached hydrogen (secondary N) is 1. The number of para-hydroxylation sites is 1. The predicted molar refractivity (Wildman–Crippen MR) is 96.4 cm³/mol. The normalized spacial score (nSPS) is 10.7. The van der Waals surface area contributed by atoms with Crippen LogP contribution in [0.4, 0.5) is 0 Å². The quantitative estimate of drug-likeness (QED) is 0.673. The molecule has 128 valence electrons. The van der Waals surface area contributed by atoms with Gasteiger partial charge < -0.3 is 9.72 Å². The molecule has 0 aliphatic heterocycles. The SMILES string of the molecule is O=C(CCCc1nc2ccccc2c(=O)[nH]1)OCCc1ccccc1. The van der Waals surface area contributed by atoms with Gasteiger partial charge in [0.15, 0.2) is 0 Å². The summed E-state index contributed by atoms with van der Waals surface area (Å²) in [4.78, 5) is 31.0. The Morgan fingerprint density at radius 1 is 1.00 bits per heavy atom. The van der Waals surface area contributed by atoms with Crippen molar-refractivity contribution >= 4 is 16.9 Å². The van der Waals surface area contributed by atoms with Gasteiger partial charge in [0.05, 0.1) is 17.5 Å². The highest BCUT2D eigenvalue weighted by Crippen LogP contribution is 2.08. The molecule has 2 aromatic carbocycles. The topological polar surface area (TPSA) is 72.0 Å². The highest BCUT2D eigenvalue weighted by atomic mass is 16.5. The van der Waals surface area contributed by atoms with E-state index in [1.807, 2.05) is 48.5 Å². The number of carbonyl (C=O) groups excluding carboxylic acids is 1. The van der Waals surface area contributed by atoms with Gasteiger partial charge in [-0.25, -0.2) is 4.98 Å². The van der Waals surface area contributed by atoms with Crippen LogP contribution in [0.1, 0.15) is 24.2 Å². The number of hydrogen-bond acceptors (Lipinski definition) is 4. The van der Waals surface area contributed by atoms with Crippen molar-refractivity contribution in [3.63, 3.8) is 0 Å². The lowest BCUT2D eigenvalue weighted by atomic mass is 10.2. The van der Waals surface area contributed by atoms with Gasteiger partial charge in [-0.3, -0.25) is 9.59 Å². The number of aromatic nitrogens is 2. The van der Waals surface area contributed by atoms with E-state index in [0.717, 1.165) is 5.56 Å². The highest BCUT2D eigenvalue weighted by molar-refractivity contribution is 5.77. The van der Waals surface area contributed by atoms with Crippen molar-refractivity contribution in [2.45, 2.75) is 25.7 Å². The minimum atomic E-state index is -0.223. The molecule has 0 unspecified atom stereocenters. The molecule has 5 heteroatoms. The summed E-state index contributed by atoms with van der Waals surface area (Å²) < 4.78 is 5.25. The van der Waals surface area contributed by atoms with Crippen LogP contribution in [0, 0.1) is 0 Å². The molecule has 0 atom stereocenters. The van der Waals surface area contributed by atoms with Crippen molar-refractivity contribution in [1.82, 2.24) is 9.97 Å². The fourth-order valence-corrected chi connectivity index (χ4v) is 2.65. The molecule has 1 aromatic heterocycles. The maximum atomic E-state index is 12.0. The Morgan fingerprint density at radius 2 is 1.76 bits per heavy atom. The van der Waals surface area contributed by atoms with Crippen molar-refractivity contribution < 1.29 is 9.53 Å². The molecule has 0 spiro atoms. The van der Waals surface area contributed by atoms with Crippen LogP contribution >= 0.6 is 0 Å². The number of aromatic amines is 1. The van der Waals surface area contributed by atoms with Gasteiger partial charge in [0.2, 0.25) is 0 Å². The summed E-state index contributed by atoms with van der Waals surface area (Å²) in [5.74, 6) is 0.375. The zero-order valence-electron chi connectivity index (χ0n) is 13.9. The van der Waals surface area contributed by atoms with Crippen LogP contribution in [-0.2, 0) is 22.4 Å². The molecule has 5 nitrogen and oxygen atoms in total. The summed E-state index contributed by atoms with van der Waals surface area (Å²) in [6.07, 6.45) is 2.15. The van der Waals surface area contributed by atoms with E-state index in [9.17, 15) is 9.59 Å². The molecule has 3 rings (SSSR count). The molecule has 0 fully saturated rings. The van der Waals surface area contributed by atoms with Crippen molar-refractivity contribution in [2.75, 3.05) is 6.61 Å². The zero-order chi connectivity index (χ0) is 17.5. The van der Waals surface area contributed by atoms with Crippen molar-refractivity contribution in [1.29, 1.82) is 0 Å². The van der Waals surface area contributed by atoms with E-state index in [-0.39, 0.29) is 11.5 Å². The van der Waals surface area contributed by atoms with E-state index in [0.29, 0.717) is 49.0 Å². The van der Waals surface area contributed by atoms with Crippen molar-refractivity contribution in [3.8, 4) is 0 Å². The first-order valence-corrected chi connectivity index (χ1v) is 8.40. The van der Waals surface area contributed by atoms with Crippen LogP contribution in [0.3, 0.4) is 0 Å². The molecule has 1 N–H and O–H groups in total. The van der Waals surface area contributed by atoms with Crippen LogP contribution in [0.25, 0.3) is 10.9 Å².